The van der Waals surface area contributed by atoms with Gasteiger partial charge in [-0.1, -0.05) is 0 Å². The minimum absolute atomic E-state index is 0.00904. The highest BCUT2D eigenvalue weighted by molar-refractivity contribution is 5.92. The van der Waals surface area contributed by atoms with Crippen LogP contribution in [0.3, 0.4) is 0 Å². The third-order valence-electron chi connectivity index (χ3n) is 4.56. The number of rotatable bonds is 4. The number of anilines is 2. The molecule has 7 heteroatoms. The number of furan rings is 1. The lowest BCUT2D eigenvalue weighted by molar-refractivity contribution is -0.120. The number of pyridine rings is 1. The van der Waals surface area contributed by atoms with E-state index in [1.54, 1.807) is 30.8 Å². The van der Waals surface area contributed by atoms with Gasteiger partial charge in [0, 0.05) is 37.1 Å². The maximum Gasteiger partial charge on any atom is 0.227 e. The lowest BCUT2D eigenvalue weighted by Crippen LogP contribution is -2.38. The molecule has 26 heavy (non-hydrogen) atoms. The average Bonchev–Trinajstić information content (AvgIpc) is 3.24. The van der Waals surface area contributed by atoms with Crippen LogP contribution in [0.2, 0.25) is 0 Å². The Morgan fingerprint density at radius 3 is 2.54 bits per heavy atom. The Kier molecular flexibility index (Phi) is 4.59. The summed E-state index contributed by atoms with van der Waals surface area (Å²) in [5.41, 5.74) is 1.50. The van der Waals surface area contributed by atoms with Crippen molar-refractivity contribution in [2.24, 2.45) is 5.92 Å². The van der Waals surface area contributed by atoms with Crippen LogP contribution in [-0.2, 0) is 4.79 Å². The predicted octanol–water partition coefficient (Wildman–Crippen LogP) is 2.99. The fraction of sp³-hybridized carbons (Fsp3) is 0.263. The first-order chi connectivity index (χ1) is 12.8. The molecule has 0 spiro atoms. The molecule has 1 aliphatic heterocycles. The summed E-state index contributed by atoms with van der Waals surface area (Å²) in [5.74, 6) is 1.61. The topological polar surface area (TPSA) is 84.2 Å². The van der Waals surface area contributed by atoms with E-state index >= 15 is 0 Å². The van der Waals surface area contributed by atoms with Crippen molar-refractivity contribution in [2.45, 2.75) is 12.8 Å². The van der Waals surface area contributed by atoms with Crippen LogP contribution in [0, 0.1) is 5.92 Å². The van der Waals surface area contributed by atoms with Crippen LogP contribution in [0.15, 0.2) is 59.5 Å². The van der Waals surface area contributed by atoms with Crippen molar-refractivity contribution in [3.8, 4) is 11.5 Å². The molecule has 0 atom stereocenters. The quantitative estimate of drug-likeness (QED) is 0.779. The molecule has 0 bridgehead atoms. The molecule has 4 rings (SSSR count). The molecule has 1 fully saturated rings. The normalized spacial score (nSPS) is 15.0. The van der Waals surface area contributed by atoms with Gasteiger partial charge >= 0.3 is 0 Å². The van der Waals surface area contributed by atoms with Crippen LogP contribution in [0.4, 0.5) is 11.5 Å². The number of nitrogens with one attached hydrogen (secondary N) is 1. The molecule has 7 nitrogen and oxygen atoms in total. The molecule has 4 heterocycles. The van der Waals surface area contributed by atoms with E-state index in [1.165, 1.54) is 0 Å². The molecular weight excluding hydrogens is 330 g/mol. The first-order valence-electron chi connectivity index (χ1n) is 8.63. The van der Waals surface area contributed by atoms with E-state index in [9.17, 15) is 4.79 Å². The van der Waals surface area contributed by atoms with E-state index in [-0.39, 0.29) is 11.8 Å². The van der Waals surface area contributed by atoms with E-state index in [1.807, 2.05) is 24.3 Å². The molecule has 1 aliphatic rings. The Balaban J connectivity index is 1.34. The Labute approximate surface area is 151 Å². The second-order valence-corrected chi connectivity index (χ2v) is 6.24. The van der Waals surface area contributed by atoms with Gasteiger partial charge in [-0.15, -0.1) is 10.2 Å². The molecular formula is C19H19N5O2. The van der Waals surface area contributed by atoms with Gasteiger partial charge in [0.05, 0.1) is 6.26 Å². The second-order valence-electron chi connectivity index (χ2n) is 6.24. The number of carbonyl (C=O) groups excluding carboxylic acids is 1. The summed E-state index contributed by atoms with van der Waals surface area (Å²) in [4.78, 5) is 18.5. The zero-order chi connectivity index (χ0) is 17.8. The number of amides is 1. The van der Waals surface area contributed by atoms with Crippen molar-refractivity contribution >= 4 is 17.4 Å². The molecule has 0 radical (unpaired) electrons. The molecule has 3 aromatic rings. The number of hydrogen-bond acceptors (Lipinski definition) is 6. The minimum Gasteiger partial charge on any atom is -0.463 e. The van der Waals surface area contributed by atoms with Crippen molar-refractivity contribution < 1.29 is 9.21 Å². The summed E-state index contributed by atoms with van der Waals surface area (Å²) in [6.45, 7) is 1.56. The van der Waals surface area contributed by atoms with Crippen LogP contribution < -0.4 is 10.2 Å². The van der Waals surface area contributed by atoms with Gasteiger partial charge < -0.3 is 14.6 Å². The third-order valence-corrected chi connectivity index (χ3v) is 4.56. The third kappa shape index (κ3) is 3.56. The molecule has 0 aliphatic carbocycles. The number of aromatic nitrogens is 3. The van der Waals surface area contributed by atoms with Crippen molar-refractivity contribution in [3.63, 3.8) is 0 Å². The summed E-state index contributed by atoms with van der Waals surface area (Å²) in [7, 11) is 0. The average molecular weight is 349 g/mol. The van der Waals surface area contributed by atoms with Gasteiger partial charge in [-0.3, -0.25) is 9.78 Å². The smallest absolute Gasteiger partial charge is 0.227 e. The monoisotopic (exact) mass is 349 g/mol. The van der Waals surface area contributed by atoms with Crippen LogP contribution in [0.25, 0.3) is 11.5 Å². The van der Waals surface area contributed by atoms with E-state index < -0.39 is 0 Å². The summed E-state index contributed by atoms with van der Waals surface area (Å²) < 4.78 is 5.33. The second kappa shape index (κ2) is 7.35. The van der Waals surface area contributed by atoms with Crippen molar-refractivity contribution in [2.75, 3.05) is 23.3 Å². The van der Waals surface area contributed by atoms with Crippen molar-refractivity contribution in [1.29, 1.82) is 0 Å². The van der Waals surface area contributed by atoms with Gasteiger partial charge in [-0.05, 0) is 49.2 Å². The summed E-state index contributed by atoms with van der Waals surface area (Å²) in [5, 5.41) is 11.5. The Bertz CT molecular complexity index is 841. The van der Waals surface area contributed by atoms with E-state index in [0.717, 1.165) is 37.4 Å². The molecule has 0 saturated carbocycles. The molecule has 1 N–H and O–H groups in total. The zero-order valence-corrected chi connectivity index (χ0v) is 14.2. The lowest BCUT2D eigenvalue weighted by atomic mass is 9.96. The fourth-order valence-corrected chi connectivity index (χ4v) is 3.10. The zero-order valence-electron chi connectivity index (χ0n) is 14.2. The molecule has 0 unspecified atom stereocenters. The van der Waals surface area contributed by atoms with Gasteiger partial charge in [0.1, 0.15) is 5.69 Å². The number of piperidine rings is 1. The lowest BCUT2D eigenvalue weighted by Gasteiger charge is -2.31. The van der Waals surface area contributed by atoms with Gasteiger partial charge in [0.15, 0.2) is 11.6 Å². The SMILES string of the molecule is O=C(Nc1ccncc1)C1CCN(c2ccc(-c3ccco3)nn2)CC1. The van der Waals surface area contributed by atoms with Crippen LogP contribution in [0.1, 0.15) is 12.8 Å². The van der Waals surface area contributed by atoms with Crippen molar-refractivity contribution in [1.82, 2.24) is 15.2 Å². The van der Waals surface area contributed by atoms with E-state index in [4.69, 9.17) is 4.42 Å². The minimum atomic E-state index is 0.00904. The predicted molar refractivity (Wildman–Crippen MR) is 97.5 cm³/mol. The molecule has 3 aromatic heterocycles. The number of carbonyl (C=O) groups is 1. The summed E-state index contributed by atoms with van der Waals surface area (Å²) >= 11 is 0. The molecule has 132 valence electrons. The highest BCUT2D eigenvalue weighted by Gasteiger charge is 2.26. The van der Waals surface area contributed by atoms with Gasteiger partial charge in [0.25, 0.3) is 0 Å². The Morgan fingerprint density at radius 2 is 1.88 bits per heavy atom. The van der Waals surface area contributed by atoms with E-state index in [2.05, 4.69) is 25.4 Å². The summed E-state index contributed by atoms with van der Waals surface area (Å²) in [6, 6.07) is 11.1. The fourth-order valence-electron chi connectivity index (χ4n) is 3.10. The number of nitrogens with zero attached hydrogens (tertiary/aromatic N) is 4. The highest BCUT2D eigenvalue weighted by atomic mass is 16.3. The Morgan fingerprint density at radius 1 is 1.08 bits per heavy atom. The van der Waals surface area contributed by atoms with Crippen LogP contribution in [0.5, 0.6) is 0 Å². The van der Waals surface area contributed by atoms with Gasteiger partial charge in [-0.25, -0.2) is 0 Å². The first kappa shape index (κ1) is 16.3. The number of hydrogen-bond donors (Lipinski definition) is 1. The van der Waals surface area contributed by atoms with Crippen LogP contribution >= 0.6 is 0 Å². The van der Waals surface area contributed by atoms with E-state index in [0.29, 0.717) is 11.5 Å². The standard InChI is InChI=1S/C19H19N5O2/c25-19(21-15-5-9-20-10-6-15)14-7-11-24(12-8-14)18-4-3-16(22-23-18)17-2-1-13-26-17/h1-6,9-10,13-14H,7-8,11-12H2,(H,20,21,25). The van der Waals surface area contributed by atoms with Crippen molar-refractivity contribution in [3.05, 3.63) is 55.1 Å². The maximum absolute atomic E-state index is 12.4. The highest BCUT2D eigenvalue weighted by Crippen LogP contribution is 2.24. The maximum atomic E-state index is 12.4. The molecule has 1 amide bonds. The van der Waals surface area contributed by atoms with Gasteiger partial charge in [-0.2, -0.15) is 0 Å². The molecule has 0 aromatic carbocycles. The van der Waals surface area contributed by atoms with Gasteiger partial charge in [0.2, 0.25) is 5.91 Å². The molecule has 1 saturated heterocycles. The van der Waals surface area contributed by atoms with Crippen LogP contribution in [-0.4, -0.2) is 34.2 Å². The Hall–Kier alpha value is -3.22. The largest absolute Gasteiger partial charge is 0.463 e. The summed E-state index contributed by atoms with van der Waals surface area (Å²) in [6.07, 6.45) is 6.54. The first-order valence-corrected chi connectivity index (χ1v) is 8.63.